The summed E-state index contributed by atoms with van der Waals surface area (Å²) in [6, 6.07) is 0. The number of esters is 2. The van der Waals surface area contributed by atoms with Crippen molar-refractivity contribution in [2.75, 3.05) is 13.2 Å². The van der Waals surface area contributed by atoms with E-state index in [2.05, 4.69) is 148 Å². The topological polar surface area (TPSA) is 72.8 Å². The molecule has 5 nitrogen and oxygen atoms in total. The maximum Gasteiger partial charge on any atom is 0.306 e. The molecule has 0 aliphatic heterocycles. The summed E-state index contributed by atoms with van der Waals surface area (Å²) in [5, 5.41) is 9.73. The first-order chi connectivity index (χ1) is 44.6. The molecule has 0 aromatic rings. The zero-order valence-corrected chi connectivity index (χ0v) is 59.4. The van der Waals surface area contributed by atoms with Crippen LogP contribution in [0.15, 0.2) is 134 Å². The van der Waals surface area contributed by atoms with Gasteiger partial charge in [-0.2, -0.15) is 0 Å². The highest BCUT2D eigenvalue weighted by Crippen LogP contribution is 2.18. The molecule has 0 heterocycles. The van der Waals surface area contributed by atoms with E-state index in [9.17, 15) is 14.7 Å². The first-order valence-electron chi connectivity index (χ1n) is 38.7. The van der Waals surface area contributed by atoms with Gasteiger partial charge in [0.2, 0.25) is 0 Å². The first-order valence-corrected chi connectivity index (χ1v) is 38.7. The predicted octanol–water partition coefficient (Wildman–Crippen LogP) is 27.4. The second-order valence-corrected chi connectivity index (χ2v) is 25.7. The van der Waals surface area contributed by atoms with E-state index in [1.54, 1.807) is 0 Å². The minimum Gasteiger partial charge on any atom is -0.462 e. The van der Waals surface area contributed by atoms with E-state index in [1.807, 2.05) is 0 Å². The molecule has 0 aliphatic carbocycles. The highest BCUT2D eigenvalue weighted by atomic mass is 16.6. The molecule has 0 rings (SSSR count). The molecular weight excluding hydrogens is 1100 g/mol. The summed E-state index contributed by atoms with van der Waals surface area (Å²) >= 11 is 0. The molecular formula is C85H146O5. The summed E-state index contributed by atoms with van der Waals surface area (Å²) in [6.07, 6.45) is 118. The smallest absolute Gasteiger partial charge is 0.306 e. The largest absolute Gasteiger partial charge is 0.462 e. The monoisotopic (exact) mass is 1250 g/mol. The molecule has 5 heteroatoms. The van der Waals surface area contributed by atoms with E-state index in [0.29, 0.717) is 12.8 Å². The van der Waals surface area contributed by atoms with Crippen molar-refractivity contribution in [1.82, 2.24) is 0 Å². The number of aliphatic hydroxyl groups excluding tert-OH is 1. The van der Waals surface area contributed by atoms with Crippen LogP contribution in [0.1, 0.15) is 373 Å². The van der Waals surface area contributed by atoms with Crippen molar-refractivity contribution in [1.29, 1.82) is 0 Å². The van der Waals surface area contributed by atoms with Gasteiger partial charge >= 0.3 is 11.9 Å². The van der Waals surface area contributed by atoms with Gasteiger partial charge in [0.25, 0.3) is 0 Å². The maximum atomic E-state index is 12.4. The van der Waals surface area contributed by atoms with Gasteiger partial charge in [-0.3, -0.25) is 9.59 Å². The van der Waals surface area contributed by atoms with Gasteiger partial charge in [-0.25, -0.2) is 0 Å². The van der Waals surface area contributed by atoms with Gasteiger partial charge in [-0.15, -0.1) is 0 Å². The fourth-order valence-electron chi connectivity index (χ4n) is 11.2. The number of hydrogen-bond acceptors (Lipinski definition) is 5. The zero-order valence-electron chi connectivity index (χ0n) is 59.4. The highest BCUT2D eigenvalue weighted by Gasteiger charge is 2.16. The quantitative estimate of drug-likeness (QED) is 0.0373. The number of carbonyl (C=O) groups is 2. The van der Waals surface area contributed by atoms with Crippen molar-refractivity contribution in [3.05, 3.63) is 134 Å². The lowest BCUT2D eigenvalue weighted by Crippen LogP contribution is -2.28. The fourth-order valence-corrected chi connectivity index (χ4v) is 11.2. The fraction of sp³-hybridized carbons (Fsp3) is 0.718. The number of aliphatic hydroxyl groups is 1. The molecule has 0 amide bonds. The third-order valence-electron chi connectivity index (χ3n) is 16.9. The Kier molecular flexibility index (Phi) is 75.8. The molecule has 0 aromatic heterocycles. The van der Waals surface area contributed by atoms with Crippen LogP contribution < -0.4 is 0 Å². The van der Waals surface area contributed by atoms with Gasteiger partial charge < -0.3 is 14.6 Å². The SMILES string of the molecule is CC/C=C\C/C=C\C/C=C\C/C=C\C/C=C\C/C=C\C/C=C\C/C=C\CCCCCCCCCCCCCCC(=O)OC(CO)COC(=O)CCCCCCCCCCCCCCCCCCCCCCCCCC/C=C\C/C=C\C/C=C\CCCCCCC. The van der Waals surface area contributed by atoms with Crippen molar-refractivity contribution in [2.24, 2.45) is 0 Å². The van der Waals surface area contributed by atoms with Crippen molar-refractivity contribution in [3.8, 4) is 0 Å². The standard InChI is InChI=1S/C85H146O5/c1-3-5-7-9-11-13-15-17-19-21-23-25-27-29-31-33-35-37-39-41-42-44-45-47-49-51-53-55-57-59-61-63-65-67-69-71-73-75-77-79-84(87)89-82-83(81-86)90-85(88)80-78-76-74-72-70-68-66-64-62-60-58-56-54-52-50-48-46-43-40-38-36-34-32-30-28-26-24-22-20-18-16-14-12-10-8-6-4-2/h6,8,12,14-15,17-18,20-21,23-24,26-27,29-30,32,36,38,43,46,50,52,83,86H,3-5,7,9-11,13,16,19,22,25,28,31,33-35,37,39-42,44-45,47-49,51,53-82H2,1-2H3/b8-6-,14-12-,17-15-,20-18-,23-21-,26-24-,29-27-,32-30-,38-36-,46-43-,52-50-. The Morgan fingerprint density at radius 2 is 0.478 bits per heavy atom. The van der Waals surface area contributed by atoms with Gasteiger partial charge in [0.05, 0.1) is 6.61 Å². The molecule has 0 saturated carbocycles. The van der Waals surface area contributed by atoms with Crippen LogP contribution >= 0.6 is 0 Å². The van der Waals surface area contributed by atoms with E-state index < -0.39 is 6.10 Å². The van der Waals surface area contributed by atoms with Gasteiger partial charge in [0.15, 0.2) is 6.10 Å². The Bertz CT molecular complexity index is 1800. The molecule has 1 unspecified atom stereocenters. The van der Waals surface area contributed by atoms with Crippen LogP contribution in [0.2, 0.25) is 0 Å². The van der Waals surface area contributed by atoms with Crippen LogP contribution in [0.4, 0.5) is 0 Å². The van der Waals surface area contributed by atoms with Gasteiger partial charge in [0, 0.05) is 12.8 Å². The lowest BCUT2D eigenvalue weighted by molar-refractivity contribution is -0.161. The summed E-state index contributed by atoms with van der Waals surface area (Å²) in [5.41, 5.74) is 0. The molecule has 0 bridgehead atoms. The van der Waals surface area contributed by atoms with Gasteiger partial charge in [-0.1, -0.05) is 379 Å². The lowest BCUT2D eigenvalue weighted by atomic mass is 10.0. The maximum absolute atomic E-state index is 12.4. The Balaban J connectivity index is 3.46. The zero-order chi connectivity index (χ0) is 64.7. The Morgan fingerprint density at radius 1 is 0.267 bits per heavy atom. The molecule has 0 spiro atoms. The van der Waals surface area contributed by atoms with E-state index in [0.717, 1.165) is 103 Å². The minimum absolute atomic E-state index is 0.0683. The van der Waals surface area contributed by atoms with Crippen LogP contribution in [0.3, 0.4) is 0 Å². The number of carbonyl (C=O) groups excluding carboxylic acids is 2. The normalized spacial score (nSPS) is 13.0. The molecule has 0 saturated heterocycles. The molecule has 0 aliphatic rings. The van der Waals surface area contributed by atoms with E-state index >= 15 is 0 Å². The number of hydrogen-bond donors (Lipinski definition) is 1. The number of allylic oxidation sites excluding steroid dienone is 22. The van der Waals surface area contributed by atoms with Crippen LogP contribution in [-0.4, -0.2) is 36.4 Å². The lowest BCUT2D eigenvalue weighted by Gasteiger charge is -2.15. The number of rotatable bonds is 71. The number of unbranched alkanes of at least 4 members (excludes halogenated alkanes) is 41. The Morgan fingerprint density at radius 3 is 0.722 bits per heavy atom. The van der Waals surface area contributed by atoms with E-state index in [-0.39, 0.29) is 25.2 Å². The minimum atomic E-state index is -0.781. The molecule has 0 aromatic carbocycles. The van der Waals surface area contributed by atoms with Crippen LogP contribution in [0.25, 0.3) is 0 Å². The number of ether oxygens (including phenoxy) is 2. The summed E-state index contributed by atoms with van der Waals surface area (Å²) in [7, 11) is 0. The summed E-state index contributed by atoms with van der Waals surface area (Å²) in [5.74, 6) is -0.582. The van der Waals surface area contributed by atoms with Crippen LogP contribution in [0.5, 0.6) is 0 Å². The molecule has 1 N–H and O–H groups in total. The second-order valence-electron chi connectivity index (χ2n) is 25.7. The van der Waals surface area contributed by atoms with Crippen molar-refractivity contribution >= 4 is 11.9 Å². The summed E-state index contributed by atoms with van der Waals surface area (Å²) < 4.78 is 10.8. The third kappa shape index (κ3) is 76.5. The summed E-state index contributed by atoms with van der Waals surface area (Å²) in [4.78, 5) is 24.7. The summed E-state index contributed by atoms with van der Waals surface area (Å²) in [6.45, 7) is 4.05. The van der Waals surface area contributed by atoms with Gasteiger partial charge in [-0.05, 0) is 116 Å². The predicted molar refractivity (Wildman–Crippen MR) is 398 cm³/mol. The molecule has 90 heavy (non-hydrogen) atoms. The Labute approximate surface area is 559 Å². The third-order valence-corrected chi connectivity index (χ3v) is 16.9. The van der Waals surface area contributed by atoms with Crippen LogP contribution in [0, 0.1) is 0 Å². The average molecular weight is 1250 g/mol. The molecule has 0 fully saturated rings. The average Bonchev–Trinajstić information content (AvgIpc) is 3.62. The molecule has 0 radical (unpaired) electrons. The molecule has 1 atom stereocenters. The van der Waals surface area contributed by atoms with Crippen molar-refractivity contribution in [2.45, 2.75) is 380 Å². The molecule has 516 valence electrons. The van der Waals surface area contributed by atoms with Crippen molar-refractivity contribution < 1.29 is 24.2 Å². The van der Waals surface area contributed by atoms with E-state index in [1.165, 1.54) is 244 Å². The first kappa shape index (κ1) is 86.0. The van der Waals surface area contributed by atoms with E-state index in [4.69, 9.17) is 9.47 Å². The van der Waals surface area contributed by atoms with Crippen LogP contribution in [-0.2, 0) is 19.1 Å². The Hall–Kier alpha value is -3.96. The second kappa shape index (κ2) is 79.3. The van der Waals surface area contributed by atoms with Crippen molar-refractivity contribution in [3.63, 3.8) is 0 Å². The van der Waals surface area contributed by atoms with Gasteiger partial charge in [0.1, 0.15) is 6.61 Å². The highest BCUT2D eigenvalue weighted by molar-refractivity contribution is 5.70.